The predicted molar refractivity (Wildman–Crippen MR) is 100 cm³/mol. The lowest BCUT2D eigenvalue weighted by atomic mass is 10.0. The summed E-state index contributed by atoms with van der Waals surface area (Å²) in [5.74, 6) is 0.701. The van der Waals surface area contributed by atoms with Gasteiger partial charge in [0.25, 0.3) is 5.91 Å². The van der Waals surface area contributed by atoms with E-state index in [9.17, 15) is 4.79 Å². The molecule has 1 heterocycles. The van der Waals surface area contributed by atoms with E-state index in [-0.39, 0.29) is 11.9 Å². The number of benzene rings is 2. The van der Waals surface area contributed by atoms with E-state index < -0.39 is 0 Å². The van der Waals surface area contributed by atoms with E-state index in [1.165, 1.54) is 18.4 Å². The molecule has 1 aliphatic heterocycles. The topological polar surface area (TPSA) is 41.6 Å². The summed E-state index contributed by atoms with van der Waals surface area (Å²) >= 11 is 6.13. The van der Waals surface area contributed by atoms with Gasteiger partial charge in [0, 0.05) is 6.54 Å². The molecular formula is C20H23ClN2O2. The molecule has 0 bridgehead atoms. The largest absolute Gasteiger partial charge is 0.497 e. The van der Waals surface area contributed by atoms with Gasteiger partial charge in [-0.25, -0.2) is 0 Å². The monoisotopic (exact) mass is 358 g/mol. The maximum Gasteiger partial charge on any atom is 0.252 e. The summed E-state index contributed by atoms with van der Waals surface area (Å²) in [6, 6.07) is 15.4. The van der Waals surface area contributed by atoms with Crippen LogP contribution in [0.1, 0.15) is 34.8 Å². The highest BCUT2D eigenvalue weighted by Gasteiger charge is 2.24. The first-order valence-electron chi connectivity index (χ1n) is 8.60. The number of nitrogens with zero attached hydrogens (tertiary/aromatic N) is 1. The molecule has 0 saturated carbocycles. The molecule has 1 amide bonds. The molecule has 4 nitrogen and oxygen atoms in total. The zero-order chi connectivity index (χ0) is 17.6. The van der Waals surface area contributed by atoms with Crippen LogP contribution in [0.5, 0.6) is 5.75 Å². The number of hydrogen-bond donors (Lipinski definition) is 1. The normalized spacial score (nSPS) is 15.8. The summed E-state index contributed by atoms with van der Waals surface area (Å²) in [7, 11) is 1.66. The highest BCUT2D eigenvalue weighted by molar-refractivity contribution is 6.33. The van der Waals surface area contributed by atoms with Crippen LogP contribution < -0.4 is 10.1 Å². The van der Waals surface area contributed by atoms with E-state index in [1.807, 2.05) is 24.3 Å². The summed E-state index contributed by atoms with van der Waals surface area (Å²) in [6.45, 7) is 2.66. The lowest BCUT2D eigenvalue weighted by Gasteiger charge is -2.28. The van der Waals surface area contributed by atoms with Crippen molar-refractivity contribution in [1.82, 2.24) is 10.2 Å². The SMILES string of the molecule is COc1ccc([C@H](CNC(=O)c2ccccc2Cl)N2CCCC2)cc1. The quantitative estimate of drug-likeness (QED) is 0.851. The van der Waals surface area contributed by atoms with Gasteiger partial charge in [-0.3, -0.25) is 9.69 Å². The van der Waals surface area contributed by atoms with Gasteiger partial charge in [0.1, 0.15) is 5.75 Å². The second-order valence-corrected chi connectivity index (χ2v) is 6.63. The number of ether oxygens (including phenoxy) is 1. The number of halogens is 1. The van der Waals surface area contributed by atoms with Gasteiger partial charge in [0.15, 0.2) is 0 Å². The maximum atomic E-state index is 12.5. The molecule has 0 radical (unpaired) electrons. The Labute approximate surface area is 153 Å². The van der Waals surface area contributed by atoms with Crippen LogP contribution in [-0.2, 0) is 0 Å². The Morgan fingerprint density at radius 2 is 1.84 bits per heavy atom. The highest BCUT2D eigenvalue weighted by atomic mass is 35.5. The third kappa shape index (κ3) is 4.33. The summed E-state index contributed by atoms with van der Waals surface area (Å²) < 4.78 is 5.25. The van der Waals surface area contributed by atoms with E-state index in [0.717, 1.165) is 18.8 Å². The molecule has 2 aromatic rings. The number of hydrogen-bond acceptors (Lipinski definition) is 3. The molecule has 1 N–H and O–H groups in total. The van der Waals surface area contributed by atoms with Gasteiger partial charge in [0.05, 0.1) is 23.7 Å². The molecule has 1 aliphatic rings. The lowest BCUT2D eigenvalue weighted by molar-refractivity contribution is 0.0938. The summed E-state index contributed by atoms with van der Waals surface area (Å²) in [6.07, 6.45) is 2.40. The van der Waals surface area contributed by atoms with E-state index in [4.69, 9.17) is 16.3 Å². The fourth-order valence-electron chi connectivity index (χ4n) is 3.27. The number of carbonyl (C=O) groups is 1. The first kappa shape index (κ1) is 17.8. The molecular weight excluding hydrogens is 336 g/mol. The van der Waals surface area contributed by atoms with Crippen molar-refractivity contribution in [3.63, 3.8) is 0 Å². The number of likely N-dealkylation sites (tertiary alicyclic amines) is 1. The Hall–Kier alpha value is -2.04. The summed E-state index contributed by atoms with van der Waals surface area (Å²) in [5.41, 5.74) is 1.70. The maximum absolute atomic E-state index is 12.5. The van der Waals surface area contributed by atoms with Crippen molar-refractivity contribution in [2.75, 3.05) is 26.7 Å². The molecule has 1 saturated heterocycles. The second-order valence-electron chi connectivity index (χ2n) is 6.22. The fourth-order valence-corrected chi connectivity index (χ4v) is 3.49. The molecule has 0 aromatic heterocycles. The third-order valence-corrected chi connectivity index (χ3v) is 4.99. The first-order valence-corrected chi connectivity index (χ1v) is 8.97. The zero-order valence-corrected chi connectivity index (χ0v) is 15.1. The molecule has 3 rings (SSSR count). The highest BCUT2D eigenvalue weighted by Crippen LogP contribution is 2.26. The minimum atomic E-state index is -0.136. The number of amides is 1. The van der Waals surface area contributed by atoms with Crippen molar-refractivity contribution >= 4 is 17.5 Å². The minimum absolute atomic E-state index is 0.136. The van der Waals surface area contributed by atoms with Crippen LogP contribution in [0.3, 0.4) is 0 Å². The van der Waals surface area contributed by atoms with Gasteiger partial charge >= 0.3 is 0 Å². The van der Waals surface area contributed by atoms with Crippen LogP contribution >= 0.6 is 11.6 Å². The Bertz CT molecular complexity index is 712. The van der Waals surface area contributed by atoms with Gasteiger partial charge in [0.2, 0.25) is 0 Å². The van der Waals surface area contributed by atoms with Gasteiger partial charge in [-0.2, -0.15) is 0 Å². The van der Waals surface area contributed by atoms with Crippen molar-refractivity contribution in [1.29, 1.82) is 0 Å². The van der Waals surface area contributed by atoms with Crippen molar-refractivity contribution in [2.45, 2.75) is 18.9 Å². The predicted octanol–water partition coefficient (Wildman–Crippen LogP) is 3.92. The number of rotatable bonds is 6. The molecule has 132 valence electrons. The molecule has 25 heavy (non-hydrogen) atoms. The Morgan fingerprint density at radius 1 is 1.16 bits per heavy atom. The Morgan fingerprint density at radius 3 is 2.48 bits per heavy atom. The smallest absolute Gasteiger partial charge is 0.252 e. The molecule has 0 unspecified atom stereocenters. The standard InChI is InChI=1S/C20H23ClN2O2/c1-25-16-10-8-15(9-11-16)19(23-12-4-5-13-23)14-22-20(24)17-6-2-3-7-18(17)21/h2-3,6-11,19H,4-5,12-14H2,1H3,(H,22,24)/t19-/m0/s1. The molecule has 2 aromatic carbocycles. The average molecular weight is 359 g/mol. The van der Waals surface area contributed by atoms with E-state index in [1.54, 1.807) is 19.2 Å². The van der Waals surface area contributed by atoms with Gasteiger partial charge in [-0.1, -0.05) is 35.9 Å². The first-order chi connectivity index (χ1) is 12.2. The fraction of sp³-hybridized carbons (Fsp3) is 0.350. The number of nitrogens with one attached hydrogen (secondary N) is 1. The molecule has 0 spiro atoms. The number of carbonyl (C=O) groups excluding carboxylic acids is 1. The molecule has 5 heteroatoms. The van der Waals surface area contributed by atoms with Gasteiger partial charge in [-0.15, -0.1) is 0 Å². The van der Waals surface area contributed by atoms with Gasteiger partial charge in [-0.05, 0) is 55.8 Å². The van der Waals surface area contributed by atoms with E-state index in [0.29, 0.717) is 17.1 Å². The van der Waals surface area contributed by atoms with E-state index in [2.05, 4.69) is 22.3 Å². The van der Waals surface area contributed by atoms with Crippen molar-refractivity contribution in [3.05, 3.63) is 64.7 Å². The molecule has 1 fully saturated rings. The average Bonchev–Trinajstić information content (AvgIpc) is 3.17. The van der Waals surface area contributed by atoms with Crippen LogP contribution in [-0.4, -0.2) is 37.6 Å². The summed E-state index contributed by atoms with van der Waals surface area (Å²) in [5, 5.41) is 3.52. The van der Waals surface area contributed by atoms with E-state index >= 15 is 0 Å². The molecule has 1 atom stereocenters. The van der Waals surface area contributed by atoms with Crippen LogP contribution in [0.2, 0.25) is 5.02 Å². The van der Waals surface area contributed by atoms with Crippen LogP contribution in [0.15, 0.2) is 48.5 Å². The Kier molecular flexibility index (Phi) is 5.95. The van der Waals surface area contributed by atoms with Crippen molar-refractivity contribution in [2.24, 2.45) is 0 Å². The molecule has 0 aliphatic carbocycles. The minimum Gasteiger partial charge on any atom is -0.497 e. The van der Waals surface area contributed by atoms with Gasteiger partial charge < -0.3 is 10.1 Å². The third-order valence-electron chi connectivity index (χ3n) is 4.66. The van der Waals surface area contributed by atoms with Crippen molar-refractivity contribution < 1.29 is 9.53 Å². The zero-order valence-electron chi connectivity index (χ0n) is 14.4. The number of methoxy groups -OCH3 is 1. The summed E-state index contributed by atoms with van der Waals surface area (Å²) in [4.78, 5) is 14.9. The van der Waals surface area contributed by atoms with Crippen molar-refractivity contribution in [3.8, 4) is 5.75 Å². The Balaban J connectivity index is 1.73. The second kappa shape index (κ2) is 8.37. The van der Waals surface area contributed by atoms with Crippen LogP contribution in [0, 0.1) is 0 Å². The van der Waals surface area contributed by atoms with Crippen LogP contribution in [0.25, 0.3) is 0 Å². The lowest BCUT2D eigenvalue weighted by Crippen LogP contribution is -2.36. The van der Waals surface area contributed by atoms with Crippen LogP contribution in [0.4, 0.5) is 0 Å².